The summed E-state index contributed by atoms with van der Waals surface area (Å²) in [6.45, 7) is 17.1. The van der Waals surface area contributed by atoms with Crippen molar-refractivity contribution in [1.29, 1.82) is 0 Å². The number of anilines is 1. The number of benzene rings is 1. The SMILES string of the molecule is CC(C)(C)C(=O)Nc1ccc2nc(CN3CCC(N(CCCN4CCOCC4)CC4CCCN(C(=O)c5cnccn5)C4)CC3)[nH]c2c1. The van der Waals surface area contributed by atoms with E-state index in [0.29, 0.717) is 17.7 Å². The second-order valence-corrected chi connectivity index (χ2v) is 14.8. The van der Waals surface area contributed by atoms with Gasteiger partial charge in [-0.25, -0.2) is 9.97 Å². The Hall–Kier alpha value is -3.45. The molecular formula is C36H53N9O3. The molecule has 5 heterocycles. The van der Waals surface area contributed by atoms with Crippen molar-refractivity contribution in [2.45, 2.75) is 65.5 Å². The van der Waals surface area contributed by atoms with Crippen LogP contribution in [0.4, 0.5) is 5.69 Å². The van der Waals surface area contributed by atoms with E-state index in [1.165, 1.54) is 0 Å². The number of rotatable bonds is 11. The van der Waals surface area contributed by atoms with Gasteiger partial charge in [-0.2, -0.15) is 0 Å². The number of amides is 2. The summed E-state index contributed by atoms with van der Waals surface area (Å²) in [5.41, 5.74) is 2.62. The minimum Gasteiger partial charge on any atom is -0.379 e. The number of nitrogens with one attached hydrogen (secondary N) is 2. The molecule has 2 N–H and O–H groups in total. The van der Waals surface area contributed by atoms with Crippen LogP contribution in [0.25, 0.3) is 11.0 Å². The summed E-state index contributed by atoms with van der Waals surface area (Å²) in [7, 11) is 0. The van der Waals surface area contributed by atoms with E-state index in [2.05, 4.69) is 35.0 Å². The number of likely N-dealkylation sites (tertiary alicyclic amines) is 2. The molecule has 0 bridgehead atoms. The molecule has 260 valence electrons. The van der Waals surface area contributed by atoms with Crippen LogP contribution in [0.2, 0.25) is 0 Å². The van der Waals surface area contributed by atoms with Crippen molar-refractivity contribution in [3.8, 4) is 0 Å². The highest BCUT2D eigenvalue weighted by Crippen LogP contribution is 2.26. The van der Waals surface area contributed by atoms with E-state index in [9.17, 15) is 9.59 Å². The van der Waals surface area contributed by atoms with Gasteiger partial charge in [-0.15, -0.1) is 0 Å². The number of carbonyl (C=O) groups is 2. The first kappa shape index (κ1) is 34.4. The molecule has 6 rings (SSSR count). The topological polar surface area (TPSA) is 123 Å². The number of hydrogen-bond acceptors (Lipinski definition) is 9. The highest BCUT2D eigenvalue weighted by atomic mass is 16.5. The molecule has 12 heteroatoms. The van der Waals surface area contributed by atoms with E-state index in [0.717, 1.165) is 133 Å². The molecule has 3 aliphatic rings. The Morgan fingerprint density at radius 3 is 2.60 bits per heavy atom. The second-order valence-electron chi connectivity index (χ2n) is 14.8. The van der Waals surface area contributed by atoms with Gasteiger partial charge >= 0.3 is 0 Å². The first-order chi connectivity index (χ1) is 23.2. The number of ether oxygens (including phenoxy) is 1. The molecule has 1 atom stereocenters. The first-order valence-electron chi connectivity index (χ1n) is 17.8. The standard InChI is InChI=1S/C36H53N9O3/c1-36(2,3)35(47)39-28-7-8-30-31(22-28)41-33(40-30)26-43-16-9-29(10-17-43)44(15-5-13-42-18-20-48-21-19-42)24-27-6-4-14-45(25-27)34(46)32-23-37-11-12-38-32/h7-8,11-12,22-23,27,29H,4-6,9-10,13-21,24-26H2,1-3H3,(H,39,47)(H,40,41). The van der Waals surface area contributed by atoms with E-state index in [-0.39, 0.29) is 11.8 Å². The molecule has 3 saturated heterocycles. The van der Waals surface area contributed by atoms with E-state index >= 15 is 0 Å². The average Bonchev–Trinajstić information content (AvgIpc) is 3.50. The van der Waals surface area contributed by atoms with Gasteiger partial charge in [-0.3, -0.25) is 29.3 Å². The van der Waals surface area contributed by atoms with Gasteiger partial charge in [0.25, 0.3) is 5.91 Å². The molecule has 2 aromatic heterocycles. The lowest BCUT2D eigenvalue weighted by atomic mass is 9.94. The number of H-pyrrole nitrogens is 1. The Morgan fingerprint density at radius 2 is 1.85 bits per heavy atom. The van der Waals surface area contributed by atoms with Crippen LogP contribution in [0.15, 0.2) is 36.8 Å². The Labute approximate surface area is 284 Å². The molecule has 12 nitrogen and oxygen atoms in total. The molecule has 3 fully saturated rings. The molecule has 0 spiro atoms. The van der Waals surface area contributed by atoms with Gasteiger partial charge < -0.3 is 19.9 Å². The fourth-order valence-corrected chi connectivity index (χ4v) is 7.23. The molecule has 3 aliphatic heterocycles. The first-order valence-corrected chi connectivity index (χ1v) is 17.8. The number of piperidine rings is 2. The van der Waals surface area contributed by atoms with E-state index < -0.39 is 5.41 Å². The molecule has 0 aliphatic carbocycles. The summed E-state index contributed by atoms with van der Waals surface area (Å²) in [5.74, 6) is 1.40. The lowest BCUT2D eigenvalue weighted by Crippen LogP contribution is -2.50. The Bertz CT molecular complexity index is 1490. The number of aromatic amines is 1. The second kappa shape index (κ2) is 15.8. The summed E-state index contributed by atoms with van der Waals surface area (Å²) in [5, 5.41) is 3.02. The van der Waals surface area contributed by atoms with Gasteiger partial charge in [-0.05, 0) is 69.3 Å². The molecule has 1 unspecified atom stereocenters. The summed E-state index contributed by atoms with van der Waals surface area (Å²) >= 11 is 0. The number of carbonyl (C=O) groups excluding carboxylic acids is 2. The number of morpholine rings is 1. The lowest BCUT2D eigenvalue weighted by molar-refractivity contribution is -0.123. The third-order valence-electron chi connectivity index (χ3n) is 10.0. The number of nitrogens with zero attached hydrogens (tertiary/aromatic N) is 7. The maximum atomic E-state index is 13.2. The van der Waals surface area contributed by atoms with Crippen LogP contribution in [-0.4, -0.2) is 130 Å². The molecular weight excluding hydrogens is 606 g/mol. The molecule has 1 aromatic carbocycles. The van der Waals surface area contributed by atoms with Crippen LogP contribution in [0.3, 0.4) is 0 Å². The molecule has 0 radical (unpaired) electrons. The van der Waals surface area contributed by atoms with Gasteiger partial charge in [-0.1, -0.05) is 20.8 Å². The molecule has 3 aromatic rings. The van der Waals surface area contributed by atoms with E-state index in [1.54, 1.807) is 18.6 Å². The Kier molecular flexibility index (Phi) is 11.4. The predicted molar refractivity (Wildman–Crippen MR) is 187 cm³/mol. The number of aromatic nitrogens is 4. The van der Waals surface area contributed by atoms with Gasteiger partial charge in [0.2, 0.25) is 5.91 Å². The molecule has 0 saturated carbocycles. The van der Waals surface area contributed by atoms with Crippen molar-refractivity contribution in [2.24, 2.45) is 11.3 Å². The monoisotopic (exact) mass is 659 g/mol. The van der Waals surface area contributed by atoms with Crippen LogP contribution in [-0.2, 0) is 16.1 Å². The lowest BCUT2D eigenvalue weighted by Gasteiger charge is -2.42. The van der Waals surface area contributed by atoms with Gasteiger partial charge in [0.15, 0.2) is 0 Å². The summed E-state index contributed by atoms with van der Waals surface area (Å²) in [6.07, 6.45) is 10.3. The van der Waals surface area contributed by atoms with Crippen LogP contribution in [0.5, 0.6) is 0 Å². The summed E-state index contributed by atoms with van der Waals surface area (Å²) in [4.78, 5) is 52.2. The van der Waals surface area contributed by atoms with Crippen molar-refractivity contribution < 1.29 is 14.3 Å². The highest BCUT2D eigenvalue weighted by Gasteiger charge is 2.31. The fraction of sp³-hybridized carbons (Fsp3) is 0.639. The highest BCUT2D eigenvalue weighted by molar-refractivity contribution is 5.96. The number of imidazole rings is 1. The predicted octanol–water partition coefficient (Wildman–Crippen LogP) is 3.88. The third kappa shape index (κ3) is 9.16. The van der Waals surface area contributed by atoms with Crippen LogP contribution >= 0.6 is 0 Å². The van der Waals surface area contributed by atoms with Gasteiger partial charge in [0.05, 0.1) is 37.0 Å². The Balaban J connectivity index is 1.05. The van der Waals surface area contributed by atoms with Crippen molar-refractivity contribution >= 4 is 28.5 Å². The van der Waals surface area contributed by atoms with Crippen LogP contribution in [0.1, 0.15) is 69.2 Å². The largest absolute Gasteiger partial charge is 0.379 e. The van der Waals surface area contributed by atoms with Crippen LogP contribution in [0, 0.1) is 11.3 Å². The minimum atomic E-state index is -0.452. The van der Waals surface area contributed by atoms with Gasteiger partial charge in [0, 0.05) is 75.4 Å². The van der Waals surface area contributed by atoms with E-state index in [4.69, 9.17) is 9.72 Å². The minimum absolute atomic E-state index is 0.00329. The number of hydrogen-bond donors (Lipinski definition) is 2. The van der Waals surface area contributed by atoms with Crippen LogP contribution < -0.4 is 5.32 Å². The zero-order valence-electron chi connectivity index (χ0n) is 29.0. The zero-order valence-corrected chi connectivity index (χ0v) is 29.0. The normalized spacial score (nSPS) is 20.4. The fourth-order valence-electron chi connectivity index (χ4n) is 7.23. The zero-order chi connectivity index (χ0) is 33.5. The maximum absolute atomic E-state index is 13.2. The quantitative estimate of drug-likeness (QED) is 0.316. The van der Waals surface area contributed by atoms with Crippen molar-refractivity contribution in [1.82, 2.24) is 39.5 Å². The summed E-state index contributed by atoms with van der Waals surface area (Å²) in [6, 6.07) is 6.40. The van der Waals surface area contributed by atoms with Crippen molar-refractivity contribution in [2.75, 3.05) is 77.4 Å². The molecule has 2 amide bonds. The molecule has 48 heavy (non-hydrogen) atoms. The number of fused-ring (bicyclic) bond motifs is 1. The van der Waals surface area contributed by atoms with Crippen molar-refractivity contribution in [3.05, 3.63) is 48.3 Å². The maximum Gasteiger partial charge on any atom is 0.274 e. The Morgan fingerprint density at radius 1 is 1.04 bits per heavy atom. The third-order valence-corrected chi connectivity index (χ3v) is 10.0. The van der Waals surface area contributed by atoms with Gasteiger partial charge in [0.1, 0.15) is 11.5 Å². The average molecular weight is 660 g/mol. The van der Waals surface area contributed by atoms with E-state index in [1.807, 2.05) is 43.9 Å². The van der Waals surface area contributed by atoms with Crippen molar-refractivity contribution in [3.63, 3.8) is 0 Å². The smallest absolute Gasteiger partial charge is 0.274 e. The summed E-state index contributed by atoms with van der Waals surface area (Å²) < 4.78 is 5.56.